The third-order valence-corrected chi connectivity index (χ3v) is 2.08. The number of rotatable bonds is 2. The lowest BCUT2D eigenvalue weighted by atomic mass is 10.1. The first-order valence-corrected chi connectivity index (χ1v) is 5.36. The highest BCUT2D eigenvalue weighted by Crippen LogP contribution is 2.17. The SMILES string of the molecule is CCc1cccc(C(=O)OC(C)(C)C)c1F. The van der Waals surface area contributed by atoms with Crippen molar-refractivity contribution in [1.82, 2.24) is 0 Å². The van der Waals surface area contributed by atoms with Crippen molar-refractivity contribution in [3.05, 3.63) is 35.1 Å². The third-order valence-electron chi connectivity index (χ3n) is 2.08. The molecule has 0 unspecified atom stereocenters. The standard InChI is InChI=1S/C13H17FO2/c1-5-9-7-6-8-10(11(9)14)12(15)16-13(2,3)4/h6-8H,5H2,1-4H3. The van der Waals surface area contributed by atoms with Crippen LogP contribution in [0.4, 0.5) is 4.39 Å². The predicted octanol–water partition coefficient (Wildman–Crippen LogP) is 3.34. The summed E-state index contributed by atoms with van der Waals surface area (Å²) in [7, 11) is 0. The van der Waals surface area contributed by atoms with E-state index in [2.05, 4.69) is 0 Å². The zero-order chi connectivity index (χ0) is 12.3. The third kappa shape index (κ3) is 3.05. The Morgan fingerprint density at radius 1 is 1.38 bits per heavy atom. The van der Waals surface area contributed by atoms with E-state index in [0.29, 0.717) is 12.0 Å². The van der Waals surface area contributed by atoms with Crippen molar-refractivity contribution >= 4 is 5.97 Å². The number of aryl methyl sites for hydroxylation is 1. The molecule has 0 amide bonds. The van der Waals surface area contributed by atoms with Gasteiger partial charge in [-0.05, 0) is 38.8 Å². The number of hydrogen-bond acceptors (Lipinski definition) is 2. The maximum Gasteiger partial charge on any atom is 0.341 e. The predicted molar refractivity (Wildman–Crippen MR) is 60.9 cm³/mol. The van der Waals surface area contributed by atoms with Crippen molar-refractivity contribution in [2.45, 2.75) is 39.7 Å². The van der Waals surface area contributed by atoms with Crippen LogP contribution in [-0.2, 0) is 11.2 Å². The average molecular weight is 224 g/mol. The van der Waals surface area contributed by atoms with E-state index >= 15 is 0 Å². The molecule has 0 heterocycles. The van der Waals surface area contributed by atoms with Crippen LogP contribution in [0.3, 0.4) is 0 Å². The monoisotopic (exact) mass is 224 g/mol. The summed E-state index contributed by atoms with van der Waals surface area (Å²) in [6, 6.07) is 4.78. The van der Waals surface area contributed by atoms with E-state index in [-0.39, 0.29) is 5.56 Å². The number of carbonyl (C=O) groups excluding carboxylic acids is 1. The molecule has 0 aromatic heterocycles. The molecule has 0 fully saturated rings. The van der Waals surface area contributed by atoms with Crippen LogP contribution in [0.1, 0.15) is 43.6 Å². The first kappa shape index (κ1) is 12.7. The summed E-state index contributed by atoms with van der Waals surface area (Å²) >= 11 is 0. The fraction of sp³-hybridized carbons (Fsp3) is 0.462. The topological polar surface area (TPSA) is 26.3 Å². The molecule has 0 saturated carbocycles. The minimum absolute atomic E-state index is 0.00859. The van der Waals surface area contributed by atoms with Crippen LogP contribution in [-0.4, -0.2) is 11.6 Å². The molecular formula is C13H17FO2. The lowest BCUT2D eigenvalue weighted by Crippen LogP contribution is -2.24. The highest BCUT2D eigenvalue weighted by Gasteiger charge is 2.21. The Labute approximate surface area is 95.4 Å². The molecule has 16 heavy (non-hydrogen) atoms. The van der Waals surface area contributed by atoms with Gasteiger partial charge in [0.25, 0.3) is 0 Å². The number of halogens is 1. The molecule has 88 valence electrons. The van der Waals surface area contributed by atoms with Crippen LogP contribution < -0.4 is 0 Å². The summed E-state index contributed by atoms with van der Waals surface area (Å²) in [6.45, 7) is 7.11. The van der Waals surface area contributed by atoms with Gasteiger partial charge in [0.05, 0.1) is 5.56 Å². The van der Waals surface area contributed by atoms with Gasteiger partial charge >= 0.3 is 5.97 Å². The van der Waals surface area contributed by atoms with E-state index < -0.39 is 17.4 Å². The van der Waals surface area contributed by atoms with Crippen LogP contribution in [0.5, 0.6) is 0 Å². The van der Waals surface area contributed by atoms with Crippen LogP contribution in [0.15, 0.2) is 18.2 Å². The van der Waals surface area contributed by atoms with Gasteiger partial charge in [0.2, 0.25) is 0 Å². The van der Waals surface area contributed by atoms with Crippen LogP contribution in [0.2, 0.25) is 0 Å². The minimum Gasteiger partial charge on any atom is -0.456 e. The molecule has 0 aliphatic heterocycles. The maximum atomic E-state index is 13.8. The Hall–Kier alpha value is -1.38. The van der Waals surface area contributed by atoms with Gasteiger partial charge in [-0.15, -0.1) is 0 Å². The molecule has 0 aliphatic rings. The molecule has 1 aromatic carbocycles. The van der Waals surface area contributed by atoms with Crippen LogP contribution in [0.25, 0.3) is 0 Å². The summed E-state index contributed by atoms with van der Waals surface area (Å²) in [5.74, 6) is -1.08. The smallest absolute Gasteiger partial charge is 0.341 e. The number of carbonyl (C=O) groups is 1. The number of hydrogen-bond donors (Lipinski definition) is 0. The Kier molecular flexibility index (Phi) is 3.68. The molecule has 2 nitrogen and oxygen atoms in total. The summed E-state index contributed by atoms with van der Waals surface area (Å²) in [5, 5.41) is 0. The number of esters is 1. The Morgan fingerprint density at radius 2 is 2.00 bits per heavy atom. The maximum absolute atomic E-state index is 13.8. The van der Waals surface area contributed by atoms with Gasteiger partial charge < -0.3 is 4.74 Å². The second-order valence-electron chi connectivity index (χ2n) is 4.63. The zero-order valence-corrected chi connectivity index (χ0v) is 10.1. The molecule has 0 N–H and O–H groups in total. The Bertz CT molecular complexity index is 391. The fourth-order valence-electron chi connectivity index (χ4n) is 1.34. The van der Waals surface area contributed by atoms with Gasteiger partial charge in [0, 0.05) is 0 Å². The van der Waals surface area contributed by atoms with E-state index in [0.717, 1.165) is 0 Å². The van der Waals surface area contributed by atoms with E-state index in [1.54, 1.807) is 32.9 Å². The summed E-state index contributed by atoms with van der Waals surface area (Å²) < 4.78 is 18.9. The molecule has 0 atom stereocenters. The molecule has 0 radical (unpaired) electrons. The second-order valence-corrected chi connectivity index (χ2v) is 4.63. The number of benzene rings is 1. The van der Waals surface area contributed by atoms with Gasteiger partial charge in [-0.1, -0.05) is 19.1 Å². The van der Waals surface area contributed by atoms with Gasteiger partial charge in [0.15, 0.2) is 0 Å². The fourth-order valence-corrected chi connectivity index (χ4v) is 1.34. The normalized spacial score (nSPS) is 11.3. The van der Waals surface area contributed by atoms with E-state index in [1.165, 1.54) is 6.07 Å². The first-order chi connectivity index (χ1) is 7.35. The van der Waals surface area contributed by atoms with Crippen LogP contribution in [0, 0.1) is 5.82 Å². The molecule has 1 aromatic rings. The molecule has 0 spiro atoms. The lowest BCUT2D eigenvalue weighted by molar-refractivity contribution is 0.00645. The van der Waals surface area contributed by atoms with Crippen molar-refractivity contribution < 1.29 is 13.9 Å². The van der Waals surface area contributed by atoms with Crippen molar-refractivity contribution in [1.29, 1.82) is 0 Å². The molecule has 0 bridgehead atoms. The van der Waals surface area contributed by atoms with Gasteiger partial charge in [-0.2, -0.15) is 0 Å². The molecule has 1 rings (SSSR count). The minimum atomic E-state index is -0.611. The van der Waals surface area contributed by atoms with Crippen LogP contribution >= 0.6 is 0 Å². The molecule has 3 heteroatoms. The lowest BCUT2D eigenvalue weighted by Gasteiger charge is -2.19. The quantitative estimate of drug-likeness (QED) is 0.720. The summed E-state index contributed by atoms with van der Waals surface area (Å²) in [4.78, 5) is 11.7. The van der Waals surface area contributed by atoms with E-state index in [9.17, 15) is 9.18 Å². The van der Waals surface area contributed by atoms with Crippen molar-refractivity contribution in [2.24, 2.45) is 0 Å². The van der Waals surface area contributed by atoms with Gasteiger partial charge in [-0.25, -0.2) is 9.18 Å². The highest BCUT2D eigenvalue weighted by atomic mass is 19.1. The van der Waals surface area contributed by atoms with Crippen molar-refractivity contribution in [3.8, 4) is 0 Å². The molecular weight excluding hydrogens is 207 g/mol. The van der Waals surface area contributed by atoms with Gasteiger partial charge in [-0.3, -0.25) is 0 Å². The van der Waals surface area contributed by atoms with Gasteiger partial charge in [0.1, 0.15) is 11.4 Å². The summed E-state index contributed by atoms with van der Waals surface area (Å²) in [6.07, 6.45) is 0.558. The van der Waals surface area contributed by atoms with E-state index in [1.807, 2.05) is 6.92 Å². The van der Waals surface area contributed by atoms with Crippen molar-refractivity contribution in [3.63, 3.8) is 0 Å². The van der Waals surface area contributed by atoms with Crippen molar-refractivity contribution in [2.75, 3.05) is 0 Å². The largest absolute Gasteiger partial charge is 0.456 e. The Balaban J connectivity index is 3.01. The average Bonchev–Trinajstić information content (AvgIpc) is 2.15. The Morgan fingerprint density at radius 3 is 2.50 bits per heavy atom. The highest BCUT2D eigenvalue weighted by molar-refractivity contribution is 5.90. The first-order valence-electron chi connectivity index (χ1n) is 5.36. The second kappa shape index (κ2) is 4.64. The number of ether oxygens (including phenoxy) is 1. The zero-order valence-electron chi connectivity index (χ0n) is 10.1. The van der Waals surface area contributed by atoms with E-state index in [4.69, 9.17) is 4.74 Å². The summed E-state index contributed by atoms with van der Waals surface area (Å²) in [5.41, 5.74) is -0.0659. The molecule has 0 aliphatic carbocycles. The molecule has 0 saturated heterocycles.